The quantitative estimate of drug-likeness (QED) is 0.601. The second-order valence-electron chi connectivity index (χ2n) is 5.19. The monoisotopic (exact) mass is 359 g/mol. The van der Waals surface area contributed by atoms with Gasteiger partial charge in [0, 0.05) is 12.6 Å². The predicted octanol–water partition coefficient (Wildman–Crippen LogP) is 2.35. The molecule has 1 aliphatic rings. The Hall–Kier alpha value is -1.54. The van der Waals surface area contributed by atoms with Crippen molar-refractivity contribution in [3.63, 3.8) is 0 Å². The summed E-state index contributed by atoms with van der Waals surface area (Å²) >= 11 is 2.97. The van der Waals surface area contributed by atoms with Crippen LogP contribution in [0.3, 0.4) is 0 Å². The van der Waals surface area contributed by atoms with Crippen molar-refractivity contribution >= 4 is 27.5 Å². The Labute approximate surface area is 129 Å². The fourth-order valence-corrected chi connectivity index (χ4v) is 2.61. The number of benzene rings is 1. The second-order valence-corrected chi connectivity index (χ2v) is 5.99. The summed E-state index contributed by atoms with van der Waals surface area (Å²) in [5, 5.41) is 13.4. The van der Waals surface area contributed by atoms with E-state index in [1.807, 2.05) is 0 Å². The normalized spacial score (nSPS) is 15.6. The maximum Gasteiger partial charge on any atom is 0.287 e. The molecule has 2 rings (SSSR count). The molecule has 1 aromatic rings. The van der Waals surface area contributed by atoms with Gasteiger partial charge in [-0.1, -0.05) is 12.8 Å². The zero-order valence-electron chi connectivity index (χ0n) is 11.1. The third-order valence-corrected chi connectivity index (χ3v) is 4.15. The van der Waals surface area contributed by atoms with Gasteiger partial charge in [0.05, 0.1) is 16.6 Å². The van der Waals surface area contributed by atoms with Crippen LogP contribution in [-0.2, 0) is 0 Å². The van der Waals surface area contributed by atoms with E-state index in [2.05, 4.69) is 21.2 Å². The van der Waals surface area contributed by atoms with E-state index in [1.54, 1.807) is 0 Å². The first-order chi connectivity index (χ1) is 9.88. The van der Waals surface area contributed by atoms with Crippen molar-refractivity contribution in [2.75, 3.05) is 6.54 Å². The molecule has 6 nitrogen and oxygen atoms in total. The van der Waals surface area contributed by atoms with Crippen molar-refractivity contribution in [3.8, 4) is 0 Å². The number of carbonyl (C=O) groups is 1. The Morgan fingerprint density at radius 3 is 2.81 bits per heavy atom. The van der Waals surface area contributed by atoms with E-state index in [0.29, 0.717) is 5.92 Å². The number of hydrogen-bond donors (Lipinski definition) is 2. The number of carbonyl (C=O) groups excluding carboxylic acids is 1. The summed E-state index contributed by atoms with van der Waals surface area (Å²) in [7, 11) is 0. The van der Waals surface area contributed by atoms with E-state index in [0.717, 1.165) is 18.6 Å². The van der Waals surface area contributed by atoms with Crippen LogP contribution in [0.1, 0.15) is 29.6 Å². The van der Waals surface area contributed by atoms with Gasteiger partial charge in [-0.05, 0) is 34.3 Å². The van der Waals surface area contributed by atoms with Gasteiger partial charge < -0.3 is 11.1 Å². The SMILES string of the molecule is NC(CNC(=O)c1cc(F)cc([N+](=O)[O-])c1Br)CC1CC1. The maximum absolute atomic E-state index is 13.4. The minimum Gasteiger partial charge on any atom is -0.350 e. The number of hydrogen-bond acceptors (Lipinski definition) is 4. The van der Waals surface area contributed by atoms with Crippen molar-refractivity contribution in [2.45, 2.75) is 25.3 Å². The smallest absolute Gasteiger partial charge is 0.287 e. The topological polar surface area (TPSA) is 98.3 Å². The lowest BCUT2D eigenvalue weighted by atomic mass is 10.1. The summed E-state index contributed by atoms with van der Waals surface area (Å²) in [4.78, 5) is 22.1. The van der Waals surface area contributed by atoms with E-state index < -0.39 is 22.3 Å². The maximum atomic E-state index is 13.4. The van der Waals surface area contributed by atoms with Gasteiger partial charge in [-0.3, -0.25) is 14.9 Å². The van der Waals surface area contributed by atoms with Crippen LogP contribution in [0.2, 0.25) is 0 Å². The van der Waals surface area contributed by atoms with E-state index >= 15 is 0 Å². The number of halogens is 2. The number of nitrogens with one attached hydrogen (secondary N) is 1. The molecule has 1 fully saturated rings. The Kier molecular flexibility index (Phi) is 4.89. The lowest BCUT2D eigenvalue weighted by Gasteiger charge is -2.13. The van der Waals surface area contributed by atoms with E-state index in [9.17, 15) is 19.3 Å². The molecule has 0 radical (unpaired) electrons. The van der Waals surface area contributed by atoms with Gasteiger partial charge in [0.15, 0.2) is 0 Å². The molecule has 8 heteroatoms. The van der Waals surface area contributed by atoms with Gasteiger partial charge >= 0.3 is 0 Å². The minimum absolute atomic E-state index is 0.0397. The number of amides is 1. The first kappa shape index (κ1) is 15.8. The van der Waals surface area contributed by atoms with Gasteiger partial charge in [0.25, 0.3) is 11.6 Å². The molecule has 0 aliphatic heterocycles. The average molecular weight is 360 g/mol. The molecule has 0 bridgehead atoms. The fourth-order valence-electron chi connectivity index (χ4n) is 2.06. The van der Waals surface area contributed by atoms with Crippen LogP contribution in [0, 0.1) is 21.8 Å². The molecule has 0 aromatic heterocycles. The summed E-state index contributed by atoms with van der Waals surface area (Å²) in [5.41, 5.74) is 5.28. The third kappa shape index (κ3) is 4.21. The van der Waals surface area contributed by atoms with Gasteiger partial charge in [-0.25, -0.2) is 4.39 Å². The number of nitrogens with zero attached hydrogens (tertiary/aromatic N) is 1. The summed E-state index contributed by atoms with van der Waals surface area (Å²) < 4.78 is 13.3. The largest absolute Gasteiger partial charge is 0.350 e. The lowest BCUT2D eigenvalue weighted by Crippen LogP contribution is -2.37. The highest BCUT2D eigenvalue weighted by Gasteiger charge is 2.25. The number of rotatable bonds is 6. The van der Waals surface area contributed by atoms with Crippen molar-refractivity contribution in [1.29, 1.82) is 0 Å². The van der Waals surface area contributed by atoms with Gasteiger partial charge in [0.2, 0.25) is 0 Å². The summed E-state index contributed by atoms with van der Waals surface area (Å²) in [6, 6.07) is 1.56. The van der Waals surface area contributed by atoms with Crippen LogP contribution in [-0.4, -0.2) is 23.4 Å². The molecule has 1 unspecified atom stereocenters. The molecular formula is C13H15BrFN3O3. The zero-order valence-corrected chi connectivity index (χ0v) is 12.7. The zero-order chi connectivity index (χ0) is 15.6. The Balaban J connectivity index is 2.05. The first-order valence-corrected chi connectivity index (χ1v) is 7.35. The van der Waals surface area contributed by atoms with Gasteiger partial charge in [-0.15, -0.1) is 0 Å². The summed E-state index contributed by atoms with van der Waals surface area (Å²) in [6.45, 7) is 0.256. The minimum atomic E-state index is -0.836. The Morgan fingerprint density at radius 1 is 1.57 bits per heavy atom. The molecule has 0 heterocycles. The van der Waals surface area contributed by atoms with Crippen LogP contribution in [0.15, 0.2) is 16.6 Å². The third-order valence-electron chi connectivity index (χ3n) is 3.32. The van der Waals surface area contributed by atoms with Gasteiger partial charge in [0.1, 0.15) is 10.3 Å². The summed E-state index contributed by atoms with van der Waals surface area (Å²) in [5.74, 6) is -0.785. The number of nitro benzene ring substituents is 1. The molecule has 114 valence electrons. The Bertz CT molecular complexity index is 578. The molecule has 1 aromatic carbocycles. The van der Waals surface area contributed by atoms with Crippen molar-refractivity contribution in [3.05, 3.63) is 38.1 Å². The molecule has 21 heavy (non-hydrogen) atoms. The lowest BCUT2D eigenvalue weighted by molar-refractivity contribution is -0.385. The fraction of sp³-hybridized carbons (Fsp3) is 0.462. The standard InChI is InChI=1S/C13H15BrFN3O3/c14-12-10(4-8(15)5-11(12)18(20)21)13(19)17-6-9(16)3-7-1-2-7/h4-5,7,9H,1-3,6,16H2,(H,17,19). The number of nitrogens with two attached hydrogens (primary N) is 1. The number of nitro groups is 1. The van der Waals surface area contributed by atoms with Crippen LogP contribution in [0.4, 0.5) is 10.1 Å². The average Bonchev–Trinajstić information content (AvgIpc) is 3.21. The molecule has 3 N–H and O–H groups in total. The van der Waals surface area contributed by atoms with E-state index in [1.165, 1.54) is 12.8 Å². The van der Waals surface area contributed by atoms with Crippen molar-refractivity contribution < 1.29 is 14.1 Å². The molecule has 1 saturated carbocycles. The van der Waals surface area contributed by atoms with E-state index in [4.69, 9.17) is 5.73 Å². The molecular weight excluding hydrogens is 345 g/mol. The van der Waals surface area contributed by atoms with Crippen LogP contribution >= 0.6 is 15.9 Å². The molecule has 1 atom stereocenters. The first-order valence-electron chi connectivity index (χ1n) is 6.55. The predicted molar refractivity (Wildman–Crippen MR) is 78.4 cm³/mol. The molecule has 1 amide bonds. The van der Waals surface area contributed by atoms with Crippen LogP contribution < -0.4 is 11.1 Å². The Morgan fingerprint density at radius 2 is 2.24 bits per heavy atom. The highest BCUT2D eigenvalue weighted by Crippen LogP contribution is 2.33. The molecule has 1 aliphatic carbocycles. The summed E-state index contributed by atoms with van der Waals surface area (Å²) in [6.07, 6.45) is 3.18. The van der Waals surface area contributed by atoms with Crippen LogP contribution in [0.25, 0.3) is 0 Å². The van der Waals surface area contributed by atoms with Crippen molar-refractivity contribution in [1.82, 2.24) is 5.32 Å². The highest BCUT2D eigenvalue weighted by molar-refractivity contribution is 9.10. The van der Waals surface area contributed by atoms with E-state index in [-0.39, 0.29) is 22.6 Å². The molecule has 0 spiro atoms. The van der Waals surface area contributed by atoms with Crippen LogP contribution in [0.5, 0.6) is 0 Å². The second kappa shape index (κ2) is 6.48. The van der Waals surface area contributed by atoms with Gasteiger partial charge in [-0.2, -0.15) is 0 Å². The van der Waals surface area contributed by atoms with Crippen molar-refractivity contribution in [2.24, 2.45) is 11.7 Å². The molecule has 0 saturated heterocycles. The highest BCUT2D eigenvalue weighted by atomic mass is 79.9.